The molecule has 0 aliphatic carbocycles. The SMILES string of the molecule is C=Cc1ccc(C(=O)Oc2cc(N(CC)CC)ccc2C2(c3c(C)n(CC)c4ccccc34)OC(=O)c3ccccc32)cc1. The van der Waals surface area contributed by atoms with Crippen LogP contribution >= 0.6 is 0 Å². The predicted molar refractivity (Wildman–Crippen MR) is 176 cm³/mol. The minimum atomic E-state index is -1.36. The molecule has 0 amide bonds. The molecule has 0 N–H and O–H groups in total. The Balaban J connectivity index is 1.66. The van der Waals surface area contributed by atoms with Gasteiger partial charge in [-0.05, 0) is 69.7 Å². The Kier molecular flexibility index (Phi) is 7.60. The van der Waals surface area contributed by atoms with Crippen molar-refractivity contribution in [3.05, 3.63) is 137 Å². The van der Waals surface area contributed by atoms with Gasteiger partial charge in [0.2, 0.25) is 0 Å². The number of aryl methyl sites for hydroxylation is 1. The minimum absolute atomic E-state index is 0.337. The summed E-state index contributed by atoms with van der Waals surface area (Å²) in [6.45, 7) is 14.4. The molecule has 1 aliphatic heterocycles. The van der Waals surface area contributed by atoms with E-state index in [0.29, 0.717) is 22.4 Å². The average molecular weight is 585 g/mol. The molecule has 1 aromatic heterocycles. The summed E-state index contributed by atoms with van der Waals surface area (Å²) in [7, 11) is 0. The topological polar surface area (TPSA) is 60.8 Å². The molecule has 6 rings (SSSR count). The second kappa shape index (κ2) is 11.5. The standard InChI is InChI=1S/C38H36N2O4/c1-6-26-18-20-27(21-19-26)36(41)43-34-24-28(39(7-2)8-3)22-23-32(34)38(31-16-12-10-14-29(31)37(42)44-38)35-25(5)40(9-4)33-17-13-11-15-30(33)35/h6,10-24H,1,7-9H2,2-5H3. The van der Waals surface area contributed by atoms with E-state index in [9.17, 15) is 9.59 Å². The molecule has 1 unspecified atom stereocenters. The number of carbonyl (C=O) groups excluding carboxylic acids is 2. The van der Waals surface area contributed by atoms with Crippen molar-refractivity contribution in [2.75, 3.05) is 18.0 Å². The molecule has 0 spiro atoms. The van der Waals surface area contributed by atoms with Gasteiger partial charge in [0.25, 0.3) is 0 Å². The van der Waals surface area contributed by atoms with Gasteiger partial charge in [0.05, 0.1) is 11.1 Å². The van der Waals surface area contributed by atoms with Crippen molar-refractivity contribution < 1.29 is 19.1 Å². The fourth-order valence-corrected chi connectivity index (χ4v) is 6.61. The van der Waals surface area contributed by atoms with Gasteiger partial charge in [-0.3, -0.25) is 0 Å². The lowest BCUT2D eigenvalue weighted by atomic mass is 9.78. The van der Waals surface area contributed by atoms with Gasteiger partial charge in [-0.2, -0.15) is 0 Å². The highest BCUT2D eigenvalue weighted by atomic mass is 16.6. The number of benzene rings is 4. The average Bonchev–Trinajstić information content (AvgIpc) is 3.52. The zero-order valence-corrected chi connectivity index (χ0v) is 25.6. The number of fused-ring (bicyclic) bond motifs is 2. The Morgan fingerprint density at radius 3 is 2.34 bits per heavy atom. The molecule has 6 nitrogen and oxygen atoms in total. The molecule has 44 heavy (non-hydrogen) atoms. The highest BCUT2D eigenvalue weighted by Crippen LogP contribution is 2.53. The largest absolute Gasteiger partial charge is 0.440 e. The third-order valence-corrected chi connectivity index (χ3v) is 8.73. The van der Waals surface area contributed by atoms with Gasteiger partial charge in [-0.15, -0.1) is 0 Å². The van der Waals surface area contributed by atoms with Crippen LogP contribution in [0.2, 0.25) is 0 Å². The monoisotopic (exact) mass is 584 g/mol. The molecule has 1 aliphatic rings. The third kappa shape index (κ3) is 4.49. The lowest BCUT2D eigenvalue weighted by Crippen LogP contribution is -2.32. The van der Waals surface area contributed by atoms with Crippen LogP contribution in [0.1, 0.15) is 69.4 Å². The number of carbonyl (C=O) groups is 2. The number of anilines is 1. The van der Waals surface area contributed by atoms with Crippen molar-refractivity contribution in [2.24, 2.45) is 0 Å². The van der Waals surface area contributed by atoms with E-state index in [1.807, 2.05) is 60.7 Å². The summed E-state index contributed by atoms with van der Waals surface area (Å²) in [5.41, 5.74) is 5.53. The van der Waals surface area contributed by atoms with E-state index >= 15 is 0 Å². The molecule has 1 atom stereocenters. The van der Waals surface area contributed by atoms with Crippen molar-refractivity contribution in [3.8, 4) is 5.75 Å². The van der Waals surface area contributed by atoms with E-state index in [-0.39, 0.29) is 0 Å². The van der Waals surface area contributed by atoms with Gasteiger partial charge in [0, 0.05) is 64.7 Å². The van der Waals surface area contributed by atoms with Gasteiger partial charge in [-0.1, -0.05) is 61.2 Å². The lowest BCUT2D eigenvalue weighted by Gasteiger charge is -2.33. The molecule has 222 valence electrons. The van der Waals surface area contributed by atoms with Crippen molar-refractivity contribution in [2.45, 2.75) is 39.8 Å². The summed E-state index contributed by atoms with van der Waals surface area (Å²) >= 11 is 0. The Hall–Kier alpha value is -5.10. The predicted octanol–water partition coefficient (Wildman–Crippen LogP) is 8.14. The summed E-state index contributed by atoms with van der Waals surface area (Å²) in [6, 6.07) is 28.6. The lowest BCUT2D eigenvalue weighted by molar-refractivity contribution is 0.0246. The molecular weight excluding hydrogens is 548 g/mol. The van der Waals surface area contributed by atoms with Gasteiger partial charge in [0.1, 0.15) is 5.75 Å². The maximum absolute atomic E-state index is 13.7. The minimum Gasteiger partial charge on any atom is -0.440 e. The zero-order valence-electron chi connectivity index (χ0n) is 25.6. The molecule has 2 heterocycles. The Bertz CT molecular complexity index is 1900. The first-order chi connectivity index (χ1) is 21.4. The molecular formula is C38H36N2O4. The second-order valence-electron chi connectivity index (χ2n) is 10.9. The molecule has 0 fully saturated rings. The van der Waals surface area contributed by atoms with Gasteiger partial charge >= 0.3 is 11.9 Å². The highest BCUT2D eigenvalue weighted by molar-refractivity contribution is 5.99. The van der Waals surface area contributed by atoms with Crippen LogP contribution in [0.4, 0.5) is 5.69 Å². The maximum Gasteiger partial charge on any atom is 0.343 e. The van der Waals surface area contributed by atoms with Gasteiger partial charge in [0.15, 0.2) is 5.60 Å². The number of ether oxygens (including phenoxy) is 2. The number of aromatic nitrogens is 1. The number of nitrogens with zero attached hydrogens (tertiary/aromatic N) is 2. The normalized spacial score (nSPS) is 15.6. The molecule has 6 heteroatoms. The van der Waals surface area contributed by atoms with Crippen LogP contribution in [0.3, 0.4) is 0 Å². The summed E-state index contributed by atoms with van der Waals surface area (Å²) in [4.78, 5) is 29.6. The molecule has 0 saturated heterocycles. The van der Waals surface area contributed by atoms with E-state index in [2.05, 4.69) is 55.9 Å². The van der Waals surface area contributed by atoms with E-state index in [1.54, 1.807) is 24.3 Å². The first-order valence-electron chi connectivity index (χ1n) is 15.1. The fraction of sp³-hybridized carbons (Fsp3) is 0.211. The number of para-hydroxylation sites is 1. The number of cyclic esters (lactones) is 1. The Morgan fingerprint density at radius 2 is 1.64 bits per heavy atom. The smallest absolute Gasteiger partial charge is 0.343 e. The van der Waals surface area contributed by atoms with Crippen LogP contribution in [-0.4, -0.2) is 29.6 Å². The van der Waals surface area contributed by atoms with Crippen molar-refractivity contribution >= 4 is 34.6 Å². The number of hydrogen-bond donors (Lipinski definition) is 0. The van der Waals surface area contributed by atoms with Crippen LogP contribution in [0.15, 0.2) is 97.6 Å². The zero-order chi connectivity index (χ0) is 31.0. The van der Waals surface area contributed by atoms with Crippen molar-refractivity contribution in [1.29, 1.82) is 0 Å². The first-order valence-corrected chi connectivity index (χ1v) is 15.1. The van der Waals surface area contributed by atoms with E-state index in [1.165, 1.54) is 0 Å². The van der Waals surface area contributed by atoms with Crippen molar-refractivity contribution in [3.63, 3.8) is 0 Å². The molecule has 5 aromatic rings. The number of hydrogen-bond acceptors (Lipinski definition) is 5. The summed E-state index contributed by atoms with van der Waals surface area (Å²) in [5, 5.41) is 0.974. The summed E-state index contributed by atoms with van der Waals surface area (Å²) < 4.78 is 15.1. The van der Waals surface area contributed by atoms with E-state index < -0.39 is 17.5 Å². The van der Waals surface area contributed by atoms with E-state index in [0.717, 1.165) is 58.6 Å². The fourth-order valence-electron chi connectivity index (χ4n) is 6.61. The molecule has 0 saturated carbocycles. The Labute approximate surface area is 258 Å². The highest BCUT2D eigenvalue weighted by Gasteiger charge is 2.52. The van der Waals surface area contributed by atoms with Crippen LogP contribution in [-0.2, 0) is 16.9 Å². The summed E-state index contributed by atoms with van der Waals surface area (Å²) in [6.07, 6.45) is 1.73. The number of rotatable bonds is 9. The van der Waals surface area contributed by atoms with Crippen LogP contribution in [0.5, 0.6) is 5.75 Å². The van der Waals surface area contributed by atoms with Crippen molar-refractivity contribution in [1.82, 2.24) is 4.57 Å². The quantitative estimate of drug-likeness (QED) is 0.129. The third-order valence-electron chi connectivity index (χ3n) is 8.73. The molecule has 0 radical (unpaired) electrons. The van der Waals surface area contributed by atoms with Crippen LogP contribution in [0.25, 0.3) is 17.0 Å². The summed E-state index contributed by atoms with van der Waals surface area (Å²) in [5.74, 6) is -0.582. The maximum atomic E-state index is 13.7. The molecule has 4 aromatic carbocycles. The van der Waals surface area contributed by atoms with E-state index in [4.69, 9.17) is 9.47 Å². The van der Waals surface area contributed by atoms with Gasteiger partial charge < -0.3 is 18.9 Å². The van der Waals surface area contributed by atoms with Crippen LogP contribution in [0, 0.1) is 6.92 Å². The number of esters is 2. The Morgan fingerprint density at radius 1 is 0.932 bits per heavy atom. The van der Waals surface area contributed by atoms with Gasteiger partial charge in [-0.25, -0.2) is 9.59 Å². The van der Waals surface area contributed by atoms with Crippen LogP contribution < -0.4 is 9.64 Å². The second-order valence-corrected chi connectivity index (χ2v) is 10.9. The molecule has 0 bridgehead atoms. The first kappa shape index (κ1) is 29.0.